The second-order valence-electron chi connectivity index (χ2n) is 7.10. The molecular weight excluding hydrogens is 394 g/mol. The summed E-state index contributed by atoms with van der Waals surface area (Å²) in [6, 6.07) is 17.2. The van der Waals surface area contributed by atoms with Gasteiger partial charge in [0.2, 0.25) is 5.91 Å². The summed E-state index contributed by atoms with van der Waals surface area (Å²) in [4.78, 5) is 39.0. The number of anilines is 2. The molecule has 0 aliphatic rings. The summed E-state index contributed by atoms with van der Waals surface area (Å²) in [6.07, 6.45) is 2.15. The molecule has 3 amide bonds. The molecule has 3 rings (SSSR count). The largest absolute Gasteiger partial charge is 0.459 e. The Bertz CT molecular complexity index is 1040. The maximum absolute atomic E-state index is 13.0. The molecule has 2 aromatic carbocycles. The zero-order valence-electron chi connectivity index (χ0n) is 17.6. The first-order valence-electron chi connectivity index (χ1n) is 10.1. The van der Waals surface area contributed by atoms with Gasteiger partial charge in [-0.2, -0.15) is 0 Å². The van der Waals surface area contributed by atoms with Gasteiger partial charge in [-0.3, -0.25) is 14.4 Å². The van der Waals surface area contributed by atoms with Crippen molar-refractivity contribution in [3.8, 4) is 0 Å². The number of nitrogens with one attached hydrogen (secondary N) is 2. The number of amides is 3. The van der Waals surface area contributed by atoms with Crippen molar-refractivity contribution in [1.29, 1.82) is 0 Å². The van der Waals surface area contributed by atoms with Gasteiger partial charge in [-0.15, -0.1) is 0 Å². The lowest BCUT2D eigenvalue weighted by atomic mass is 10.1. The van der Waals surface area contributed by atoms with Gasteiger partial charge in [0.15, 0.2) is 5.76 Å². The molecule has 0 aliphatic heterocycles. The molecule has 0 saturated carbocycles. The fourth-order valence-corrected chi connectivity index (χ4v) is 3.08. The highest BCUT2D eigenvalue weighted by Gasteiger charge is 2.19. The highest BCUT2D eigenvalue weighted by Crippen LogP contribution is 2.15. The maximum Gasteiger partial charge on any atom is 0.291 e. The van der Waals surface area contributed by atoms with Crippen molar-refractivity contribution in [2.24, 2.45) is 0 Å². The van der Waals surface area contributed by atoms with Crippen molar-refractivity contribution in [2.45, 2.75) is 20.3 Å². The van der Waals surface area contributed by atoms with E-state index in [4.69, 9.17) is 4.42 Å². The molecule has 0 fully saturated rings. The van der Waals surface area contributed by atoms with Gasteiger partial charge < -0.3 is 20.0 Å². The van der Waals surface area contributed by atoms with Crippen molar-refractivity contribution in [1.82, 2.24) is 4.90 Å². The molecule has 2 N–H and O–H groups in total. The van der Waals surface area contributed by atoms with E-state index in [2.05, 4.69) is 10.6 Å². The van der Waals surface area contributed by atoms with E-state index in [1.165, 1.54) is 11.2 Å². The second kappa shape index (κ2) is 10.2. The predicted octanol–water partition coefficient (Wildman–Crippen LogP) is 4.33. The smallest absolute Gasteiger partial charge is 0.291 e. The monoisotopic (exact) mass is 419 g/mol. The number of hydrogen-bond donors (Lipinski definition) is 2. The predicted molar refractivity (Wildman–Crippen MR) is 119 cm³/mol. The number of para-hydroxylation sites is 1. The van der Waals surface area contributed by atoms with Gasteiger partial charge in [0.25, 0.3) is 11.8 Å². The number of nitrogens with zero attached hydrogens (tertiary/aromatic N) is 1. The SMILES string of the molecule is CCCN(CC(=O)Nc1ccccc1C)C(=O)c1ccc(NC(=O)c2ccco2)cc1. The van der Waals surface area contributed by atoms with Crippen molar-refractivity contribution in [3.63, 3.8) is 0 Å². The van der Waals surface area contributed by atoms with Crippen LogP contribution in [0.3, 0.4) is 0 Å². The summed E-state index contributed by atoms with van der Waals surface area (Å²) in [5, 5.41) is 5.57. The minimum atomic E-state index is -0.371. The molecule has 0 spiro atoms. The zero-order chi connectivity index (χ0) is 22.2. The zero-order valence-corrected chi connectivity index (χ0v) is 17.6. The molecule has 1 aromatic heterocycles. The van der Waals surface area contributed by atoms with Crippen LogP contribution in [0.4, 0.5) is 11.4 Å². The second-order valence-corrected chi connectivity index (χ2v) is 7.10. The number of rotatable bonds is 8. The van der Waals surface area contributed by atoms with Crippen LogP contribution in [-0.4, -0.2) is 35.7 Å². The summed E-state index contributed by atoms with van der Waals surface area (Å²) < 4.78 is 5.06. The Morgan fingerprint density at radius 2 is 1.68 bits per heavy atom. The minimum absolute atomic E-state index is 0.0437. The van der Waals surface area contributed by atoms with Crippen LogP contribution in [-0.2, 0) is 4.79 Å². The third-order valence-electron chi connectivity index (χ3n) is 4.67. The number of aryl methyl sites for hydroxylation is 1. The number of furan rings is 1. The molecule has 0 unspecified atom stereocenters. The van der Waals surface area contributed by atoms with Crippen LogP contribution in [0.1, 0.15) is 39.8 Å². The Kier molecular flexibility index (Phi) is 7.22. The van der Waals surface area contributed by atoms with Crippen LogP contribution in [0.5, 0.6) is 0 Å². The van der Waals surface area contributed by atoms with Gasteiger partial charge in [0.05, 0.1) is 6.26 Å². The van der Waals surface area contributed by atoms with E-state index in [9.17, 15) is 14.4 Å². The first kappa shape index (κ1) is 21.8. The average molecular weight is 419 g/mol. The Morgan fingerprint density at radius 3 is 2.32 bits per heavy atom. The highest BCUT2D eigenvalue weighted by atomic mass is 16.3. The topological polar surface area (TPSA) is 91.7 Å². The van der Waals surface area contributed by atoms with Gasteiger partial charge in [-0.25, -0.2) is 0 Å². The van der Waals surface area contributed by atoms with Crippen LogP contribution in [0, 0.1) is 6.92 Å². The molecule has 1 heterocycles. The molecule has 160 valence electrons. The molecule has 7 nitrogen and oxygen atoms in total. The summed E-state index contributed by atoms with van der Waals surface area (Å²) in [7, 11) is 0. The van der Waals surface area contributed by atoms with Crippen LogP contribution in [0.25, 0.3) is 0 Å². The van der Waals surface area contributed by atoms with Crippen LogP contribution in [0.2, 0.25) is 0 Å². The molecule has 0 bridgehead atoms. The first-order valence-corrected chi connectivity index (χ1v) is 10.1. The van der Waals surface area contributed by atoms with Crippen LogP contribution in [0.15, 0.2) is 71.3 Å². The molecule has 31 heavy (non-hydrogen) atoms. The average Bonchev–Trinajstić information content (AvgIpc) is 3.30. The molecule has 0 aliphatic carbocycles. The van der Waals surface area contributed by atoms with Gasteiger partial charge >= 0.3 is 0 Å². The van der Waals surface area contributed by atoms with E-state index in [1.807, 2.05) is 38.1 Å². The molecule has 3 aromatic rings. The lowest BCUT2D eigenvalue weighted by Crippen LogP contribution is -2.38. The summed E-state index contributed by atoms with van der Waals surface area (Å²) in [5.41, 5.74) is 2.66. The summed E-state index contributed by atoms with van der Waals surface area (Å²) >= 11 is 0. The van der Waals surface area contributed by atoms with E-state index in [0.717, 1.165) is 17.7 Å². The Morgan fingerprint density at radius 1 is 0.935 bits per heavy atom. The molecule has 0 radical (unpaired) electrons. The van der Waals surface area contributed by atoms with Gasteiger partial charge in [-0.1, -0.05) is 25.1 Å². The normalized spacial score (nSPS) is 10.4. The molecular formula is C24H25N3O4. The minimum Gasteiger partial charge on any atom is -0.459 e. The number of carbonyl (C=O) groups excluding carboxylic acids is 3. The van der Waals surface area contributed by atoms with E-state index in [1.54, 1.807) is 36.4 Å². The third kappa shape index (κ3) is 5.82. The Hall–Kier alpha value is -3.87. The quantitative estimate of drug-likeness (QED) is 0.568. The Labute approximate surface area is 181 Å². The van der Waals surface area contributed by atoms with Gasteiger partial charge in [0, 0.05) is 23.5 Å². The first-order chi connectivity index (χ1) is 15.0. The number of carbonyl (C=O) groups is 3. The van der Waals surface area contributed by atoms with E-state index < -0.39 is 0 Å². The van der Waals surface area contributed by atoms with Crippen LogP contribution >= 0.6 is 0 Å². The Balaban J connectivity index is 1.64. The van der Waals surface area contributed by atoms with Crippen molar-refractivity contribution < 1.29 is 18.8 Å². The highest BCUT2D eigenvalue weighted by molar-refractivity contribution is 6.03. The summed E-state index contributed by atoms with van der Waals surface area (Å²) in [6.45, 7) is 4.28. The number of benzene rings is 2. The molecule has 0 saturated heterocycles. The molecule has 7 heteroatoms. The van der Waals surface area contributed by atoms with E-state index >= 15 is 0 Å². The fourth-order valence-electron chi connectivity index (χ4n) is 3.08. The lowest BCUT2D eigenvalue weighted by molar-refractivity contribution is -0.116. The molecule has 0 atom stereocenters. The fraction of sp³-hybridized carbons (Fsp3) is 0.208. The third-order valence-corrected chi connectivity index (χ3v) is 4.67. The van der Waals surface area contributed by atoms with Crippen LogP contribution < -0.4 is 10.6 Å². The summed E-state index contributed by atoms with van der Waals surface area (Å²) in [5.74, 6) is -0.664. The van der Waals surface area contributed by atoms with Crippen molar-refractivity contribution in [2.75, 3.05) is 23.7 Å². The standard InChI is InChI=1S/C24H25N3O4/c1-3-14-27(16-22(28)26-20-8-5-4-7-17(20)2)24(30)18-10-12-19(13-11-18)25-23(29)21-9-6-15-31-21/h4-13,15H,3,14,16H2,1-2H3,(H,25,29)(H,26,28). The van der Waals surface area contributed by atoms with Gasteiger partial charge in [0.1, 0.15) is 6.54 Å². The lowest BCUT2D eigenvalue weighted by Gasteiger charge is -2.22. The van der Waals surface area contributed by atoms with Crippen molar-refractivity contribution in [3.05, 3.63) is 83.8 Å². The number of hydrogen-bond acceptors (Lipinski definition) is 4. The van der Waals surface area contributed by atoms with Crippen molar-refractivity contribution >= 4 is 29.1 Å². The van der Waals surface area contributed by atoms with E-state index in [0.29, 0.717) is 17.8 Å². The van der Waals surface area contributed by atoms with Gasteiger partial charge in [-0.05, 0) is 61.4 Å². The van der Waals surface area contributed by atoms with E-state index in [-0.39, 0.29) is 30.0 Å². The maximum atomic E-state index is 13.0.